The zero-order valence-electron chi connectivity index (χ0n) is 15.3. The number of aryl methyl sites for hydroxylation is 1. The van der Waals surface area contributed by atoms with Crippen LogP contribution in [0.1, 0.15) is 24.5 Å². The molecule has 7 heteroatoms. The maximum absolute atomic E-state index is 11.9. The summed E-state index contributed by atoms with van der Waals surface area (Å²) in [6.07, 6.45) is 3.17. The smallest absolute Gasteiger partial charge is 0.336 e. The van der Waals surface area contributed by atoms with Crippen molar-refractivity contribution in [1.29, 1.82) is 0 Å². The van der Waals surface area contributed by atoms with Crippen LogP contribution in [0.3, 0.4) is 0 Å². The van der Waals surface area contributed by atoms with E-state index >= 15 is 0 Å². The van der Waals surface area contributed by atoms with Gasteiger partial charge in [0.15, 0.2) is 6.61 Å². The van der Waals surface area contributed by atoms with Crippen LogP contribution in [-0.2, 0) is 11.2 Å². The van der Waals surface area contributed by atoms with Gasteiger partial charge < -0.3 is 9.15 Å². The Morgan fingerprint density at radius 1 is 1.25 bits per heavy atom. The van der Waals surface area contributed by atoms with E-state index in [0.29, 0.717) is 21.9 Å². The van der Waals surface area contributed by atoms with Crippen LogP contribution in [0, 0.1) is 0 Å². The maximum Gasteiger partial charge on any atom is 0.336 e. The Hall–Kier alpha value is -3.12. The Bertz CT molecular complexity index is 1080. The van der Waals surface area contributed by atoms with Crippen LogP contribution in [0.2, 0.25) is 5.02 Å². The second-order valence-corrected chi connectivity index (χ2v) is 6.51. The third-order valence-electron chi connectivity index (χ3n) is 3.99. The first-order valence-corrected chi connectivity index (χ1v) is 9.20. The summed E-state index contributed by atoms with van der Waals surface area (Å²) in [6.45, 7) is 1.81. The van der Waals surface area contributed by atoms with E-state index in [-0.39, 0.29) is 6.61 Å². The van der Waals surface area contributed by atoms with E-state index in [1.54, 1.807) is 24.3 Å². The van der Waals surface area contributed by atoms with Crippen LogP contribution in [-0.4, -0.2) is 18.7 Å². The first-order chi connectivity index (χ1) is 13.6. The van der Waals surface area contributed by atoms with Crippen molar-refractivity contribution in [2.24, 2.45) is 5.10 Å². The van der Waals surface area contributed by atoms with E-state index in [1.165, 1.54) is 12.3 Å². The van der Waals surface area contributed by atoms with Crippen molar-refractivity contribution in [3.63, 3.8) is 0 Å². The first-order valence-electron chi connectivity index (χ1n) is 8.83. The van der Waals surface area contributed by atoms with Gasteiger partial charge in [0, 0.05) is 28.1 Å². The van der Waals surface area contributed by atoms with Gasteiger partial charge >= 0.3 is 5.63 Å². The Balaban J connectivity index is 1.62. The van der Waals surface area contributed by atoms with Gasteiger partial charge in [0.05, 0.1) is 6.21 Å². The molecule has 0 bridgehead atoms. The fraction of sp³-hybridized carbons (Fsp3) is 0.190. The predicted molar refractivity (Wildman–Crippen MR) is 109 cm³/mol. The van der Waals surface area contributed by atoms with Crippen LogP contribution >= 0.6 is 11.6 Å². The third kappa shape index (κ3) is 4.98. The summed E-state index contributed by atoms with van der Waals surface area (Å²) in [7, 11) is 0. The lowest BCUT2D eigenvalue weighted by Crippen LogP contribution is -2.24. The summed E-state index contributed by atoms with van der Waals surface area (Å²) in [5, 5.41) is 5.26. The molecule has 1 aromatic heterocycles. The number of rotatable bonds is 7. The number of ether oxygens (including phenoxy) is 1. The first kappa shape index (κ1) is 19.6. The minimum atomic E-state index is -0.426. The van der Waals surface area contributed by atoms with Crippen LogP contribution in [0.5, 0.6) is 5.75 Å². The number of nitrogens with one attached hydrogen (secondary N) is 1. The molecule has 0 unspecified atom stereocenters. The van der Waals surface area contributed by atoms with Crippen molar-refractivity contribution in [3.05, 3.63) is 75.1 Å². The topological polar surface area (TPSA) is 80.9 Å². The molecule has 28 heavy (non-hydrogen) atoms. The SMILES string of the molecule is CCCc1cc(=O)oc2cc(OCC(=O)N/N=C/c3ccccc3Cl)ccc12. The summed E-state index contributed by atoms with van der Waals surface area (Å²) in [5.41, 5.74) is 4.04. The van der Waals surface area contributed by atoms with Gasteiger partial charge in [-0.15, -0.1) is 0 Å². The highest BCUT2D eigenvalue weighted by Crippen LogP contribution is 2.23. The molecule has 1 N–H and O–H groups in total. The van der Waals surface area contributed by atoms with E-state index in [0.717, 1.165) is 23.8 Å². The molecule has 3 rings (SSSR count). The monoisotopic (exact) mass is 398 g/mol. The van der Waals surface area contributed by atoms with Gasteiger partial charge in [-0.25, -0.2) is 10.2 Å². The molecule has 0 aliphatic heterocycles. The molecule has 3 aromatic rings. The Kier molecular flexibility index (Phi) is 6.45. The van der Waals surface area contributed by atoms with E-state index in [9.17, 15) is 9.59 Å². The summed E-state index contributed by atoms with van der Waals surface area (Å²) >= 11 is 6.01. The average Bonchev–Trinajstić information content (AvgIpc) is 2.67. The molecule has 0 aliphatic rings. The van der Waals surface area contributed by atoms with E-state index < -0.39 is 11.5 Å². The molecule has 0 radical (unpaired) electrons. The molecule has 144 valence electrons. The summed E-state index contributed by atoms with van der Waals surface area (Å²) in [5.74, 6) is -0.000816. The van der Waals surface area contributed by atoms with Crippen molar-refractivity contribution in [3.8, 4) is 5.75 Å². The van der Waals surface area contributed by atoms with Gasteiger partial charge in [-0.3, -0.25) is 4.79 Å². The number of hydrogen-bond acceptors (Lipinski definition) is 5. The highest BCUT2D eigenvalue weighted by Gasteiger charge is 2.08. The second-order valence-electron chi connectivity index (χ2n) is 6.10. The highest BCUT2D eigenvalue weighted by molar-refractivity contribution is 6.33. The number of carbonyl (C=O) groups is 1. The molecular formula is C21H19ClN2O4. The fourth-order valence-electron chi connectivity index (χ4n) is 2.71. The lowest BCUT2D eigenvalue weighted by molar-refractivity contribution is -0.123. The quantitative estimate of drug-likeness (QED) is 0.371. The Morgan fingerprint density at radius 2 is 2.07 bits per heavy atom. The summed E-state index contributed by atoms with van der Waals surface area (Å²) in [6, 6.07) is 13.8. The molecule has 0 aliphatic carbocycles. The number of fused-ring (bicyclic) bond motifs is 1. The minimum absolute atomic E-state index is 0.232. The number of halogens is 1. The van der Waals surface area contributed by atoms with Gasteiger partial charge in [-0.2, -0.15) is 5.10 Å². The van der Waals surface area contributed by atoms with Gasteiger partial charge in [0.1, 0.15) is 11.3 Å². The molecular weight excluding hydrogens is 380 g/mol. The van der Waals surface area contributed by atoms with E-state index in [4.69, 9.17) is 20.8 Å². The van der Waals surface area contributed by atoms with Gasteiger partial charge in [-0.1, -0.05) is 43.1 Å². The Morgan fingerprint density at radius 3 is 2.86 bits per heavy atom. The normalized spacial score (nSPS) is 11.1. The molecule has 0 fully saturated rings. The lowest BCUT2D eigenvalue weighted by Gasteiger charge is -2.08. The zero-order chi connectivity index (χ0) is 19.9. The second kappa shape index (κ2) is 9.19. The Labute approximate surface area is 166 Å². The number of amides is 1. The number of hydrogen-bond donors (Lipinski definition) is 1. The number of nitrogens with zero attached hydrogens (tertiary/aromatic N) is 1. The van der Waals surface area contributed by atoms with Crippen LogP contribution in [0.25, 0.3) is 11.0 Å². The van der Waals surface area contributed by atoms with Gasteiger partial charge in [-0.05, 0) is 30.2 Å². The molecule has 0 atom stereocenters. The number of benzene rings is 2. The van der Waals surface area contributed by atoms with Crippen molar-refractivity contribution in [2.75, 3.05) is 6.61 Å². The molecule has 6 nitrogen and oxygen atoms in total. The van der Waals surface area contributed by atoms with E-state index in [1.807, 2.05) is 25.1 Å². The van der Waals surface area contributed by atoms with E-state index in [2.05, 4.69) is 10.5 Å². The maximum atomic E-state index is 11.9. The molecule has 0 spiro atoms. The molecule has 2 aromatic carbocycles. The molecule has 0 saturated heterocycles. The van der Waals surface area contributed by atoms with Crippen molar-refractivity contribution in [1.82, 2.24) is 5.43 Å². The third-order valence-corrected chi connectivity index (χ3v) is 4.33. The number of hydrazone groups is 1. The predicted octanol–water partition coefficient (Wildman–Crippen LogP) is 3.93. The fourth-order valence-corrected chi connectivity index (χ4v) is 2.90. The highest BCUT2D eigenvalue weighted by atomic mass is 35.5. The summed E-state index contributed by atoms with van der Waals surface area (Å²) < 4.78 is 10.7. The van der Waals surface area contributed by atoms with Crippen molar-refractivity contribution >= 4 is 34.7 Å². The van der Waals surface area contributed by atoms with Crippen molar-refractivity contribution < 1.29 is 13.9 Å². The van der Waals surface area contributed by atoms with Crippen LogP contribution in [0.4, 0.5) is 0 Å². The lowest BCUT2D eigenvalue weighted by atomic mass is 10.1. The standard InChI is InChI=1S/C21H19ClN2O4/c1-2-5-14-10-21(26)28-19-11-16(8-9-17(14)19)27-13-20(25)24-23-12-15-6-3-4-7-18(15)22/h3-4,6-12H,2,5,13H2,1H3,(H,24,25)/b23-12+. The molecule has 0 saturated carbocycles. The summed E-state index contributed by atoms with van der Waals surface area (Å²) in [4.78, 5) is 23.6. The van der Waals surface area contributed by atoms with Crippen molar-refractivity contribution in [2.45, 2.75) is 19.8 Å². The van der Waals surface area contributed by atoms with Gasteiger partial charge in [0.25, 0.3) is 5.91 Å². The van der Waals surface area contributed by atoms with Gasteiger partial charge in [0.2, 0.25) is 0 Å². The minimum Gasteiger partial charge on any atom is -0.484 e. The van der Waals surface area contributed by atoms with Crippen LogP contribution < -0.4 is 15.8 Å². The number of carbonyl (C=O) groups excluding carboxylic acids is 1. The van der Waals surface area contributed by atoms with Crippen LogP contribution in [0.15, 0.2) is 62.8 Å². The zero-order valence-corrected chi connectivity index (χ0v) is 16.0. The largest absolute Gasteiger partial charge is 0.484 e. The average molecular weight is 399 g/mol. The molecule has 1 amide bonds. The molecule has 1 heterocycles.